The normalized spacial score (nSPS) is 17.6. The zero-order valence-electron chi connectivity index (χ0n) is 14.1. The van der Waals surface area contributed by atoms with Crippen molar-refractivity contribution in [1.82, 2.24) is 14.9 Å². The van der Waals surface area contributed by atoms with Gasteiger partial charge in [0.1, 0.15) is 0 Å². The zero-order valence-corrected chi connectivity index (χ0v) is 14.1. The number of nitrogens with zero attached hydrogens (tertiary/aromatic N) is 3. The number of hydrogen-bond acceptors (Lipinski definition) is 3. The predicted octanol–water partition coefficient (Wildman–Crippen LogP) is 3.72. The number of amides is 1. The van der Waals surface area contributed by atoms with E-state index in [2.05, 4.69) is 22.1 Å². The van der Waals surface area contributed by atoms with Gasteiger partial charge in [0.2, 0.25) is 0 Å². The Morgan fingerprint density at radius 1 is 1.16 bits per heavy atom. The van der Waals surface area contributed by atoms with Crippen molar-refractivity contribution in [2.24, 2.45) is 5.92 Å². The summed E-state index contributed by atoms with van der Waals surface area (Å²) in [6.07, 6.45) is 8.50. The molecule has 0 N–H and O–H groups in total. The number of aromatic nitrogens is 2. The third-order valence-electron chi connectivity index (χ3n) is 4.89. The van der Waals surface area contributed by atoms with Crippen LogP contribution in [0.25, 0.3) is 10.9 Å². The summed E-state index contributed by atoms with van der Waals surface area (Å²) in [5.41, 5.74) is 2.96. The summed E-state index contributed by atoms with van der Waals surface area (Å²) in [7, 11) is 0. The molecule has 1 aliphatic heterocycles. The Kier molecular flexibility index (Phi) is 4.42. The highest BCUT2D eigenvalue weighted by Crippen LogP contribution is 2.23. The maximum absolute atomic E-state index is 12.6. The molecule has 4 rings (SSSR count). The summed E-state index contributed by atoms with van der Waals surface area (Å²) >= 11 is 0. The molecular formula is C21H21N3O. The Morgan fingerprint density at radius 3 is 2.96 bits per heavy atom. The molecule has 1 saturated heterocycles. The Morgan fingerprint density at radius 2 is 2.08 bits per heavy atom. The Labute approximate surface area is 147 Å². The molecule has 1 fully saturated rings. The van der Waals surface area contributed by atoms with Crippen LogP contribution in [0.4, 0.5) is 0 Å². The zero-order chi connectivity index (χ0) is 17.1. The van der Waals surface area contributed by atoms with Crippen molar-refractivity contribution in [3.63, 3.8) is 0 Å². The lowest BCUT2D eigenvalue weighted by atomic mass is 9.91. The Bertz CT molecular complexity index is 878. The molecule has 1 aliphatic rings. The number of para-hydroxylation sites is 1. The van der Waals surface area contributed by atoms with Crippen molar-refractivity contribution >= 4 is 16.8 Å². The number of piperidine rings is 1. The van der Waals surface area contributed by atoms with Crippen LogP contribution in [0.5, 0.6) is 0 Å². The summed E-state index contributed by atoms with van der Waals surface area (Å²) in [4.78, 5) is 23.2. The number of hydrogen-bond donors (Lipinski definition) is 0. The first-order chi connectivity index (χ1) is 12.3. The molecule has 126 valence electrons. The van der Waals surface area contributed by atoms with Crippen molar-refractivity contribution < 1.29 is 4.79 Å². The minimum Gasteiger partial charge on any atom is -0.338 e. The molecule has 0 bridgehead atoms. The molecule has 3 heterocycles. The van der Waals surface area contributed by atoms with Crippen LogP contribution in [-0.4, -0.2) is 33.9 Å². The predicted molar refractivity (Wildman–Crippen MR) is 98.3 cm³/mol. The second kappa shape index (κ2) is 7.01. The maximum Gasteiger partial charge on any atom is 0.255 e. The van der Waals surface area contributed by atoms with Crippen LogP contribution in [0.15, 0.2) is 61.1 Å². The fourth-order valence-corrected chi connectivity index (χ4v) is 3.65. The molecule has 0 saturated carbocycles. The van der Waals surface area contributed by atoms with Crippen LogP contribution >= 0.6 is 0 Å². The van der Waals surface area contributed by atoms with E-state index >= 15 is 0 Å². The second-order valence-corrected chi connectivity index (χ2v) is 6.74. The van der Waals surface area contributed by atoms with Crippen molar-refractivity contribution in [3.05, 3.63) is 72.2 Å². The van der Waals surface area contributed by atoms with Gasteiger partial charge in [-0.05, 0) is 55.0 Å². The summed E-state index contributed by atoms with van der Waals surface area (Å²) in [6, 6.07) is 14.1. The van der Waals surface area contributed by atoms with Crippen molar-refractivity contribution in [3.8, 4) is 0 Å². The molecule has 0 radical (unpaired) electrons. The quantitative estimate of drug-likeness (QED) is 0.735. The number of pyridine rings is 2. The van der Waals surface area contributed by atoms with Gasteiger partial charge >= 0.3 is 0 Å². The standard InChI is InChI=1S/C21H21N3O/c25-21(19-7-3-9-22-14-19)24-10-4-5-16(15-24)11-17-12-18-6-1-2-8-20(18)23-13-17/h1-3,6-9,12-14,16H,4-5,10-11,15H2/t16-/m1/s1. The minimum atomic E-state index is 0.0921. The van der Waals surface area contributed by atoms with Crippen LogP contribution in [0.3, 0.4) is 0 Å². The number of likely N-dealkylation sites (tertiary alicyclic amines) is 1. The van der Waals surface area contributed by atoms with Gasteiger partial charge in [0, 0.05) is 37.1 Å². The van der Waals surface area contributed by atoms with Gasteiger partial charge in [-0.15, -0.1) is 0 Å². The van der Waals surface area contributed by atoms with E-state index in [1.807, 2.05) is 41.4 Å². The van der Waals surface area contributed by atoms with E-state index in [0.29, 0.717) is 11.5 Å². The van der Waals surface area contributed by atoms with Gasteiger partial charge < -0.3 is 4.90 Å². The summed E-state index contributed by atoms with van der Waals surface area (Å²) in [5, 5.41) is 1.18. The smallest absolute Gasteiger partial charge is 0.255 e. The van der Waals surface area contributed by atoms with Crippen LogP contribution in [0.1, 0.15) is 28.8 Å². The van der Waals surface area contributed by atoms with Gasteiger partial charge in [0.05, 0.1) is 11.1 Å². The third-order valence-corrected chi connectivity index (χ3v) is 4.89. The molecule has 0 aliphatic carbocycles. The highest BCUT2D eigenvalue weighted by Gasteiger charge is 2.24. The SMILES string of the molecule is O=C(c1cccnc1)N1CCC[C@H](Cc2cnc3ccccc3c2)C1. The molecule has 1 atom stereocenters. The Hall–Kier alpha value is -2.75. The van der Waals surface area contributed by atoms with E-state index < -0.39 is 0 Å². The fourth-order valence-electron chi connectivity index (χ4n) is 3.65. The molecule has 1 aromatic carbocycles. The van der Waals surface area contributed by atoms with Crippen molar-refractivity contribution in [2.75, 3.05) is 13.1 Å². The monoisotopic (exact) mass is 331 g/mol. The summed E-state index contributed by atoms with van der Waals surface area (Å²) in [5.74, 6) is 0.576. The average Bonchev–Trinajstić information content (AvgIpc) is 2.68. The highest BCUT2D eigenvalue weighted by atomic mass is 16.2. The van der Waals surface area contributed by atoms with E-state index in [0.717, 1.165) is 37.9 Å². The van der Waals surface area contributed by atoms with E-state index in [9.17, 15) is 4.79 Å². The maximum atomic E-state index is 12.6. The number of carbonyl (C=O) groups excluding carboxylic acids is 1. The molecule has 4 heteroatoms. The van der Waals surface area contributed by atoms with Gasteiger partial charge in [-0.25, -0.2) is 0 Å². The molecular weight excluding hydrogens is 310 g/mol. The first kappa shape index (κ1) is 15.8. The van der Waals surface area contributed by atoms with Gasteiger partial charge in [-0.3, -0.25) is 14.8 Å². The van der Waals surface area contributed by atoms with Gasteiger partial charge in [-0.1, -0.05) is 18.2 Å². The molecule has 2 aromatic heterocycles. The van der Waals surface area contributed by atoms with Gasteiger partial charge in [0.25, 0.3) is 5.91 Å². The average molecular weight is 331 g/mol. The number of carbonyl (C=O) groups is 1. The third kappa shape index (κ3) is 3.53. The minimum absolute atomic E-state index is 0.0921. The fraction of sp³-hybridized carbons (Fsp3) is 0.286. The highest BCUT2D eigenvalue weighted by molar-refractivity contribution is 5.93. The van der Waals surface area contributed by atoms with Crippen LogP contribution in [0, 0.1) is 5.92 Å². The molecule has 4 nitrogen and oxygen atoms in total. The molecule has 0 unspecified atom stereocenters. The van der Waals surface area contributed by atoms with E-state index in [-0.39, 0.29) is 5.91 Å². The number of fused-ring (bicyclic) bond motifs is 1. The molecule has 25 heavy (non-hydrogen) atoms. The summed E-state index contributed by atoms with van der Waals surface area (Å²) < 4.78 is 0. The Balaban J connectivity index is 1.46. The summed E-state index contributed by atoms with van der Waals surface area (Å²) in [6.45, 7) is 1.64. The lowest BCUT2D eigenvalue weighted by Gasteiger charge is -2.33. The van der Waals surface area contributed by atoms with Crippen LogP contribution in [-0.2, 0) is 6.42 Å². The lowest BCUT2D eigenvalue weighted by molar-refractivity contribution is 0.0673. The molecule has 0 spiro atoms. The largest absolute Gasteiger partial charge is 0.338 e. The van der Waals surface area contributed by atoms with Crippen molar-refractivity contribution in [2.45, 2.75) is 19.3 Å². The number of rotatable bonds is 3. The molecule has 1 amide bonds. The molecule has 3 aromatic rings. The second-order valence-electron chi connectivity index (χ2n) is 6.74. The van der Waals surface area contributed by atoms with Crippen LogP contribution in [0.2, 0.25) is 0 Å². The van der Waals surface area contributed by atoms with Gasteiger partial charge in [0.15, 0.2) is 0 Å². The first-order valence-corrected chi connectivity index (χ1v) is 8.82. The van der Waals surface area contributed by atoms with Crippen molar-refractivity contribution in [1.29, 1.82) is 0 Å². The lowest BCUT2D eigenvalue weighted by Crippen LogP contribution is -2.40. The van der Waals surface area contributed by atoms with E-state index in [4.69, 9.17) is 0 Å². The first-order valence-electron chi connectivity index (χ1n) is 8.82. The number of benzene rings is 1. The van der Waals surface area contributed by atoms with Crippen LogP contribution < -0.4 is 0 Å². The topological polar surface area (TPSA) is 46.1 Å². The van der Waals surface area contributed by atoms with Gasteiger partial charge in [-0.2, -0.15) is 0 Å². The van der Waals surface area contributed by atoms with E-state index in [1.165, 1.54) is 10.9 Å². The van der Waals surface area contributed by atoms with E-state index in [1.54, 1.807) is 12.4 Å².